The zero-order chi connectivity index (χ0) is 35.2. The molecule has 0 saturated carbocycles. The topological polar surface area (TPSA) is 78.9 Å². The van der Waals surface area contributed by atoms with E-state index >= 15 is 0 Å². The fraction of sp³-hybridized carbons (Fsp3) is 0.929. The average molecular weight is 681 g/mol. The summed E-state index contributed by atoms with van der Waals surface area (Å²) in [5, 5.41) is 0. The van der Waals surface area contributed by atoms with E-state index in [4.69, 9.17) is 14.2 Å². The van der Waals surface area contributed by atoms with E-state index in [2.05, 4.69) is 20.8 Å². The van der Waals surface area contributed by atoms with E-state index in [0.717, 1.165) is 57.8 Å². The van der Waals surface area contributed by atoms with E-state index in [0.29, 0.717) is 19.3 Å². The number of hydrogen-bond acceptors (Lipinski definition) is 6. The third-order valence-electron chi connectivity index (χ3n) is 9.36. The van der Waals surface area contributed by atoms with Gasteiger partial charge in [0.25, 0.3) is 0 Å². The maximum Gasteiger partial charge on any atom is 0.306 e. The molecule has 0 heterocycles. The smallest absolute Gasteiger partial charge is 0.306 e. The zero-order valence-electron chi connectivity index (χ0n) is 32.3. The molecular weight excluding hydrogens is 600 g/mol. The molecule has 1 unspecified atom stereocenters. The minimum absolute atomic E-state index is 0.0651. The molecule has 1 atom stereocenters. The number of unbranched alkanes of at least 4 members (excludes halogenated alkanes) is 27. The summed E-state index contributed by atoms with van der Waals surface area (Å²) < 4.78 is 16.5. The molecule has 0 aromatic carbocycles. The molecule has 48 heavy (non-hydrogen) atoms. The molecule has 0 radical (unpaired) electrons. The van der Waals surface area contributed by atoms with Crippen LogP contribution in [-0.2, 0) is 28.6 Å². The summed E-state index contributed by atoms with van der Waals surface area (Å²) in [6, 6.07) is 0. The molecule has 0 aliphatic heterocycles. The summed E-state index contributed by atoms with van der Waals surface area (Å²) in [5.74, 6) is -0.878. The van der Waals surface area contributed by atoms with Gasteiger partial charge in [0.2, 0.25) is 0 Å². The van der Waals surface area contributed by atoms with Crippen LogP contribution in [0.5, 0.6) is 0 Å². The van der Waals surface area contributed by atoms with Crippen molar-refractivity contribution in [3.05, 3.63) is 0 Å². The molecule has 0 aliphatic carbocycles. The van der Waals surface area contributed by atoms with Crippen molar-refractivity contribution in [1.29, 1.82) is 0 Å². The summed E-state index contributed by atoms with van der Waals surface area (Å²) in [7, 11) is 0. The third-order valence-corrected chi connectivity index (χ3v) is 9.36. The van der Waals surface area contributed by atoms with Crippen LogP contribution in [0.3, 0.4) is 0 Å². The van der Waals surface area contributed by atoms with Crippen LogP contribution in [0.15, 0.2) is 0 Å². The zero-order valence-corrected chi connectivity index (χ0v) is 32.3. The van der Waals surface area contributed by atoms with Gasteiger partial charge >= 0.3 is 17.9 Å². The van der Waals surface area contributed by atoms with Crippen LogP contribution in [0, 0.1) is 0 Å². The van der Waals surface area contributed by atoms with Crippen LogP contribution in [-0.4, -0.2) is 37.2 Å². The van der Waals surface area contributed by atoms with Crippen molar-refractivity contribution in [2.24, 2.45) is 0 Å². The van der Waals surface area contributed by atoms with Crippen LogP contribution in [0.1, 0.15) is 233 Å². The maximum atomic E-state index is 12.5. The van der Waals surface area contributed by atoms with Gasteiger partial charge in [0.1, 0.15) is 13.2 Å². The van der Waals surface area contributed by atoms with Gasteiger partial charge in [0.05, 0.1) is 0 Å². The first-order valence-corrected chi connectivity index (χ1v) is 21.0. The Morgan fingerprint density at radius 2 is 0.562 bits per heavy atom. The molecule has 0 aromatic heterocycles. The first kappa shape index (κ1) is 46.4. The highest BCUT2D eigenvalue weighted by atomic mass is 16.6. The van der Waals surface area contributed by atoms with Crippen molar-refractivity contribution in [2.45, 2.75) is 239 Å². The van der Waals surface area contributed by atoms with E-state index in [9.17, 15) is 14.4 Å². The molecule has 0 spiro atoms. The highest BCUT2D eigenvalue weighted by Gasteiger charge is 2.19. The van der Waals surface area contributed by atoms with Gasteiger partial charge in [-0.25, -0.2) is 0 Å². The SMILES string of the molecule is CCCCCCCCCCCCCCCCCCCCC(=O)OCC(COC(=O)CCCCCCCC)OC(=O)CCCCCCCC. The predicted octanol–water partition coefficient (Wildman–Crippen LogP) is 12.9. The molecule has 6 heteroatoms. The highest BCUT2D eigenvalue weighted by Crippen LogP contribution is 2.15. The van der Waals surface area contributed by atoms with Gasteiger partial charge in [-0.15, -0.1) is 0 Å². The lowest BCUT2D eigenvalue weighted by atomic mass is 10.0. The van der Waals surface area contributed by atoms with Crippen molar-refractivity contribution in [2.75, 3.05) is 13.2 Å². The largest absolute Gasteiger partial charge is 0.462 e. The second kappa shape index (κ2) is 38.2. The van der Waals surface area contributed by atoms with Gasteiger partial charge in [0.15, 0.2) is 6.10 Å². The Balaban J connectivity index is 4.06. The van der Waals surface area contributed by atoms with Gasteiger partial charge in [0, 0.05) is 19.3 Å². The molecule has 6 nitrogen and oxygen atoms in total. The minimum atomic E-state index is -0.754. The number of carbonyl (C=O) groups is 3. The second-order valence-electron chi connectivity index (χ2n) is 14.3. The van der Waals surface area contributed by atoms with E-state index in [1.807, 2.05) is 0 Å². The average Bonchev–Trinajstić information content (AvgIpc) is 3.08. The highest BCUT2D eigenvalue weighted by molar-refractivity contribution is 5.71. The number of carbonyl (C=O) groups excluding carboxylic acids is 3. The first-order valence-electron chi connectivity index (χ1n) is 21.0. The van der Waals surface area contributed by atoms with Crippen molar-refractivity contribution in [3.8, 4) is 0 Å². The number of rotatable bonds is 38. The Bertz CT molecular complexity index is 708. The Kier molecular flexibility index (Phi) is 36.9. The van der Waals surface area contributed by atoms with E-state index in [1.54, 1.807) is 0 Å². The molecule has 0 aliphatic rings. The quantitative estimate of drug-likeness (QED) is 0.0367. The van der Waals surface area contributed by atoms with Crippen LogP contribution in [0.2, 0.25) is 0 Å². The lowest BCUT2D eigenvalue weighted by molar-refractivity contribution is -0.167. The molecule has 0 N–H and O–H groups in total. The fourth-order valence-electron chi connectivity index (χ4n) is 6.15. The van der Waals surface area contributed by atoms with Gasteiger partial charge in [-0.2, -0.15) is 0 Å². The summed E-state index contributed by atoms with van der Waals surface area (Å²) in [6.45, 7) is 6.52. The Morgan fingerprint density at radius 3 is 0.833 bits per heavy atom. The molecule has 0 rings (SSSR count). The van der Waals surface area contributed by atoms with Crippen LogP contribution in [0.25, 0.3) is 0 Å². The number of esters is 3. The number of ether oxygens (including phenoxy) is 3. The first-order chi connectivity index (χ1) is 23.5. The fourth-order valence-corrected chi connectivity index (χ4v) is 6.15. The van der Waals surface area contributed by atoms with Crippen molar-refractivity contribution in [3.63, 3.8) is 0 Å². The standard InChI is InChI=1S/C42H80O6/c1-4-7-10-13-16-17-18-19-20-21-22-23-24-25-26-27-30-32-35-41(44)47-38-39(48-42(45)36-33-29-15-12-9-6-3)37-46-40(43)34-31-28-14-11-8-5-2/h39H,4-38H2,1-3H3. The number of hydrogen-bond donors (Lipinski definition) is 0. The van der Waals surface area contributed by atoms with Crippen molar-refractivity contribution < 1.29 is 28.6 Å². The normalized spacial score (nSPS) is 11.8. The van der Waals surface area contributed by atoms with Crippen LogP contribution < -0.4 is 0 Å². The maximum absolute atomic E-state index is 12.5. The van der Waals surface area contributed by atoms with Crippen molar-refractivity contribution >= 4 is 17.9 Å². The molecule has 0 bridgehead atoms. The van der Waals surface area contributed by atoms with Gasteiger partial charge < -0.3 is 14.2 Å². The lowest BCUT2D eigenvalue weighted by Gasteiger charge is -2.18. The molecule has 0 aromatic rings. The summed E-state index contributed by atoms with van der Waals surface area (Å²) in [6.07, 6.45) is 37.0. The summed E-state index contributed by atoms with van der Waals surface area (Å²) in [4.78, 5) is 37.2. The lowest BCUT2D eigenvalue weighted by Crippen LogP contribution is -2.30. The minimum Gasteiger partial charge on any atom is -0.462 e. The molecule has 0 amide bonds. The monoisotopic (exact) mass is 681 g/mol. The third kappa shape index (κ3) is 35.7. The predicted molar refractivity (Wildman–Crippen MR) is 201 cm³/mol. The second-order valence-corrected chi connectivity index (χ2v) is 14.3. The van der Waals surface area contributed by atoms with E-state index < -0.39 is 6.10 Å². The van der Waals surface area contributed by atoms with E-state index in [-0.39, 0.29) is 31.1 Å². The summed E-state index contributed by atoms with van der Waals surface area (Å²) in [5.41, 5.74) is 0. The van der Waals surface area contributed by atoms with Gasteiger partial charge in [-0.3, -0.25) is 14.4 Å². The van der Waals surface area contributed by atoms with E-state index in [1.165, 1.54) is 135 Å². The Labute approximate surface area is 298 Å². The molecule has 284 valence electrons. The Hall–Kier alpha value is -1.59. The molecular formula is C42H80O6. The molecule has 0 fully saturated rings. The molecule has 0 saturated heterocycles. The Morgan fingerprint density at radius 1 is 0.333 bits per heavy atom. The van der Waals surface area contributed by atoms with Crippen LogP contribution >= 0.6 is 0 Å². The summed E-state index contributed by atoms with van der Waals surface area (Å²) >= 11 is 0. The van der Waals surface area contributed by atoms with Gasteiger partial charge in [-0.05, 0) is 19.3 Å². The van der Waals surface area contributed by atoms with Gasteiger partial charge in [-0.1, -0.05) is 194 Å². The van der Waals surface area contributed by atoms with Crippen molar-refractivity contribution in [1.82, 2.24) is 0 Å². The van der Waals surface area contributed by atoms with Crippen LogP contribution in [0.4, 0.5) is 0 Å².